The lowest BCUT2D eigenvalue weighted by Gasteiger charge is -2.36. The van der Waals surface area contributed by atoms with E-state index >= 15 is 0 Å². The Kier molecular flexibility index (Phi) is 6.38. The Bertz CT molecular complexity index is 1210. The molecule has 0 spiro atoms. The van der Waals surface area contributed by atoms with Crippen LogP contribution in [-0.4, -0.2) is 40.0 Å². The summed E-state index contributed by atoms with van der Waals surface area (Å²) < 4.78 is 15.1. The number of hydrogen-bond donors (Lipinski definition) is 2. The number of nitrogens with one attached hydrogen (secondary N) is 2. The molecule has 1 unspecified atom stereocenters. The molecule has 1 aliphatic heterocycles. The van der Waals surface area contributed by atoms with Crippen LogP contribution in [0.15, 0.2) is 52.1 Å². The van der Waals surface area contributed by atoms with Gasteiger partial charge in [-0.25, -0.2) is 4.39 Å². The number of carbonyl (C=O) groups excluding carboxylic acids is 1. The largest absolute Gasteiger partial charge is 0.329 e. The summed E-state index contributed by atoms with van der Waals surface area (Å²) in [6, 6.07) is 10.9. The van der Waals surface area contributed by atoms with Gasteiger partial charge in [0.25, 0.3) is 5.91 Å². The molecule has 158 valence electrons. The SMILES string of the molecule is CCn1c(=O)c(=O)[nH]c2cc(C(=O)N3CCNCC3c3cccc(F)c3)ccc21.Cl. The van der Waals surface area contributed by atoms with Crippen LogP contribution in [0.25, 0.3) is 11.0 Å². The van der Waals surface area contributed by atoms with E-state index in [4.69, 9.17) is 0 Å². The van der Waals surface area contributed by atoms with E-state index in [-0.39, 0.29) is 30.2 Å². The van der Waals surface area contributed by atoms with Crippen molar-refractivity contribution in [1.29, 1.82) is 0 Å². The van der Waals surface area contributed by atoms with Crippen molar-refractivity contribution in [1.82, 2.24) is 19.8 Å². The Hall–Kier alpha value is -2.97. The molecule has 0 aliphatic carbocycles. The zero-order valence-corrected chi connectivity index (χ0v) is 17.2. The number of carbonyl (C=O) groups is 1. The minimum Gasteiger partial charge on any atom is -0.329 e. The number of nitrogens with zero attached hydrogens (tertiary/aromatic N) is 2. The fraction of sp³-hybridized carbons (Fsp3) is 0.286. The van der Waals surface area contributed by atoms with Crippen molar-refractivity contribution in [3.8, 4) is 0 Å². The van der Waals surface area contributed by atoms with E-state index in [0.717, 1.165) is 5.56 Å². The third-order valence-corrected chi connectivity index (χ3v) is 5.28. The van der Waals surface area contributed by atoms with Gasteiger partial charge in [0.1, 0.15) is 5.82 Å². The molecule has 1 aliphatic rings. The maximum atomic E-state index is 13.7. The molecule has 2 N–H and O–H groups in total. The van der Waals surface area contributed by atoms with Gasteiger partial charge in [-0.3, -0.25) is 14.4 Å². The first kappa shape index (κ1) is 21.7. The molecule has 9 heteroatoms. The van der Waals surface area contributed by atoms with E-state index in [1.165, 1.54) is 16.7 Å². The maximum Gasteiger partial charge on any atom is 0.316 e. The standard InChI is InChI=1S/C21H21FN4O3.ClH/c1-2-25-17-7-6-14(11-16(17)24-19(27)21(25)29)20(28)26-9-8-23-12-18(26)13-4-3-5-15(22)10-13;/h3-7,10-11,18,23H,2,8-9,12H2,1H3,(H,24,27);1H. The van der Waals surface area contributed by atoms with E-state index in [2.05, 4.69) is 10.3 Å². The minimum absolute atomic E-state index is 0. The number of amides is 1. The van der Waals surface area contributed by atoms with Crippen LogP contribution >= 0.6 is 12.4 Å². The molecule has 2 heterocycles. The van der Waals surface area contributed by atoms with Gasteiger partial charge in [0.15, 0.2) is 0 Å². The molecule has 7 nitrogen and oxygen atoms in total. The highest BCUT2D eigenvalue weighted by atomic mass is 35.5. The highest BCUT2D eigenvalue weighted by molar-refractivity contribution is 5.97. The lowest BCUT2D eigenvalue weighted by Crippen LogP contribution is -2.48. The predicted molar refractivity (Wildman–Crippen MR) is 115 cm³/mol. The minimum atomic E-state index is -0.719. The molecule has 0 bridgehead atoms. The summed E-state index contributed by atoms with van der Waals surface area (Å²) in [4.78, 5) is 41.5. The molecule has 0 saturated carbocycles. The summed E-state index contributed by atoms with van der Waals surface area (Å²) in [7, 11) is 0. The maximum absolute atomic E-state index is 13.7. The zero-order chi connectivity index (χ0) is 20.5. The van der Waals surface area contributed by atoms with E-state index < -0.39 is 11.1 Å². The number of H-pyrrole nitrogens is 1. The van der Waals surface area contributed by atoms with Crippen molar-refractivity contribution < 1.29 is 9.18 Å². The van der Waals surface area contributed by atoms with Crippen molar-refractivity contribution in [2.75, 3.05) is 19.6 Å². The fourth-order valence-corrected chi connectivity index (χ4v) is 3.85. The number of benzene rings is 2. The van der Waals surface area contributed by atoms with Gasteiger partial charge in [0.2, 0.25) is 0 Å². The first-order valence-corrected chi connectivity index (χ1v) is 9.53. The first-order chi connectivity index (χ1) is 14.0. The lowest BCUT2D eigenvalue weighted by atomic mass is 10.0. The van der Waals surface area contributed by atoms with Crippen LogP contribution in [0.1, 0.15) is 28.9 Å². The van der Waals surface area contributed by atoms with Gasteiger partial charge in [-0.1, -0.05) is 12.1 Å². The number of aromatic nitrogens is 2. The van der Waals surface area contributed by atoms with Gasteiger partial charge in [-0.2, -0.15) is 0 Å². The number of fused-ring (bicyclic) bond motifs is 1. The zero-order valence-electron chi connectivity index (χ0n) is 16.4. The van der Waals surface area contributed by atoms with Gasteiger partial charge < -0.3 is 19.8 Å². The van der Waals surface area contributed by atoms with E-state index in [1.807, 2.05) is 0 Å². The molecule has 1 fully saturated rings. The highest BCUT2D eigenvalue weighted by Gasteiger charge is 2.29. The second kappa shape index (κ2) is 8.81. The molecule has 1 amide bonds. The highest BCUT2D eigenvalue weighted by Crippen LogP contribution is 2.25. The average molecular weight is 433 g/mol. The van der Waals surface area contributed by atoms with Gasteiger partial charge in [-0.05, 0) is 42.8 Å². The number of rotatable bonds is 3. The van der Waals surface area contributed by atoms with Crippen LogP contribution in [0.4, 0.5) is 4.39 Å². The average Bonchev–Trinajstić information content (AvgIpc) is 2.74. The van der Waals surface area contributed by atoms with Crippen LogP contribution in [0.2, 0.25) is 0 Å². The van der Waals surface area contributed by atoms with Gasteiger partial charge in [-0.15, -0.1) is 12.4 Å². The summed E-state index contributed by atoms with van der Waals surface area (Å²) in [5, 5.41) is 3.25. The van der Waals surface area contributed by atoms with Crippen molar-refractivity contribution >= 4 is 29.3 Å². The Balaban J connectivity index is 0.00000256. The summed E-state index contributed by atoms with van der Waals surface area (Å²) in [5.41, 5.74) is 0.781. The summed E-state index contributed by atoms with van der Waals surface area (Å²) in [6.45, 7) is 3.77. The molecule has 1 atom stereocenters. The van der Waals surface area contributed by atoms with Crippen molar-refractivity contribution in [2.45, 2.75) is 19.5 Å². The van der Waals surface area contributed by atoms with Crippen LogP contribution < -0.4 is 16.4 Å². The number of aromatic amines is 1. The number of halogens is 2. The third-order valence-electron chi connectivity index (χ3n) is 5.28. The smallest absolute Gasteiger partial charge is 0.316 e. The van der Waals surface area contributed by atoms with Crippen molar-refractivity contribution in [3.05, 3.63) is 80.1 Å². The quantitative estimate of drug-likeness (QED) is 0.620. The normalized spacial score (nSPS) is 16.3. The fourth-order valence-electron chi connectivity index (χ4n) is 3.85. The molecule has 3 aromatic rings. The van der Waals surface area contributed by atoms with E-state index in [0.29, 0.717) is 42.8 Å². The Morgan fingerprint density at radius 1 is 1.20 bits per heavy atom. The molecular weight excluding hydrogens is 411 g/mol. The molecular formula is C21H22ClFN4O3. The topological polar surface area (TPSA) is 87.2 Å². The Morgan fingerprint density at radius 2 is 2.00 bits per heavy atom. The monoisotopic (exact) mass is 432 g/mol. The number of aryl methyl sites for hydroxylation is 1. The van der Waals surface area contributed by atoms with Crippen LogP contribution in [-0.2, 0) is 6.54 Å². The number of hydrogen-bond acceptors (Lipinski definition) is 4. The molecule has 4 rings (SSSR count). The summed E-state index contributed by atoms with van der Waals surface area (Å²) in [6.07, 6.45) is 0. The van der Waals surface area contributed by atoms with Crippen LogP contribution in [0.3, 0.4) is 0 Å². The van der Waals surface area contributed by atoms with Crippen molar-refractivity contribution in [3.63, 3.8) is 0 Å². The van der Waals surface area contributed by atoms with Gasteiger partial charge >= 0.3 is 11.1 Å². The van der Waals surface area contributed by atoms with Gasteiger partial charge in [0, 0.05) is 31.7 Å². The molecule has 0 radical (unpaired) electrons. The third kappa shape index (κ3) is 3.88. The van der Waals surface area contributed by atoms with Crippen LogP contribution in [0.5, 0.6) is 0 Å². The molecule has 2 aromatic carbocycles. The number of piperazine rings is 1. The summed E-state index contributed by atoms with van der Waals surface area (Å²) >= 11 is 0. The molecule has 1 aromatic heterocycles. The van der Waals surface area contributed by atoms with Crippen molar-refractivity contribution in [2.24, 2.45) is 0 Å². The summed E-state index contributed by atoms with van der Waals surface area (Å²) in [5.74, 6) is -0.556. The van der Waals surface area contributed by atoms with E-state index in [9.17, 15) is 18.8 Å². The Labute approximate surface area is 177 Å². The lowest BCUT2D eigenvalue weighted by molar-refractivity contribution is 0.0634. The second-order valence-electron chi connectivity index (χ2n) is 7.01. The van der Waals surface area contributed by atoms with E-state index in [1.54, 1.807) is 42.2 Å². The molecule has 30 heavy (non-hydrogen) atoms. The Morgan fingerprint density at radius 3 is 2.73 bits per heavy atom. The first-order valence-electron chi connectivity index (χ1n) is 9.53. The molecule has 1 saturated heterocycles. The van der Waals surface area contributed by atoms with Crippen LogP contribution in [0, 0.1) is 5.82 Å². The second-order valence-corrected chi connectivity index (χ2v) is 7.01. The predicted octanol–water partition coefficient (Wildman–Crippen LogP) is 2.06. The van der Waals surface area contributed by atoms with Gasteiger partial charge in [0.05, 0.1) is 17.1 Å².